The molecule has 0 atom stereocenters. The quantitative estimate of drug-likeness (QED) is 0.0906. The number of nitrogens with one attached hydrogen (secondary N) is 1. The average molecular weight is 559 g/mol. The maximum atomic E-state index is 12.9. The molecular formula is C29H23BrN2O5. The minimum absolute atomic E-state index is 0.283. The van der Waals surface area contributed by atoms with E-state index < -0.39 is 18.2 Å². The molecule has 0 fully saturated rings. The van der Waals surface area contributed by atoms with E-state index >= 15 is 0 Å². The first-order chi connectivity index (χ1) is 18.0. The second kappa shape index (κ2) is 12.5. The van der Waals surface area contributed by atoms with E-state index in [-0.39, 0.29) is 5.75 Å². The summed E-state index contributed by atoms with van der Waals surface area (Å²) in [5, 5.41) is 4.04. The maximum Gasteiger partial charge on any atom is 0.343 e. The Morgan fingerprint density at radius 2 is 1.49 bits per heavy atom. The van der Waals surface area contributed by atoms with Crippen LogP contribution in [0.5, 0.6) is 17.2 Å². The summed E-state index contributed by atoms with van der Waals surface area (Å²) in [6.45, 7) is 1.90. The average Bonchev–Trinajstić information content (AvgIpc) is 2.91. The summed E-state index contributed by atoms with van der Waals surface area (Å²) in [5.74, 6) is 0.0691. The fourth-order valence-electron chi connectivity index (χ4n) is 3.24. The number of carbonyl (C=O) groups excluding carboxylic acids is 2. The van der Waals surface area contributed by atoms with Crippen molar-refractivity contribution in [2.75, 3.05) is 0 Å². The molecule has 0 aliphatic rings. The Hall–Kier alpha value is -4.43. The van der Waals surface area contributed by atoms with Crippen LogP contribution in [0.1, 0.15) is 21.5 Å². The molecule has 0 aliphatic carbocycles. The molecule has 0 saturated carbocycles. The number of nitrogens with zero attached hydrogens (tertiary/aromatic N) is 1. The first-order valence-electron chi connectivity index (χ1n) is 11.3. The summed E-state index contributed by atoms with van der Waals surface area (Å²) in [6, 6.07) is 29.9. The van der Waals surface area contributed by atoms with Gasteiger partial charge in [-0.3, -0.25) is 4.79 Å². The van der Waals surface area contributed by atoms with Crippen LogP contribution in [-0.2, 0) is 4.79 Å². The van der Waals surface area contributed by atoms with Crippen LogP contribution in [0.4, 0.5) is 0 Å². The number of hydrazone groups is 1. The maximum absolute atomic E-state index is 12.9. The molecule has 0 aliphatic heterocycles. The van der Waals surface area contributed by atoms with E-state index in [1.807, 2.05) is 25.1 Å². The van der Waals surface area contributed by atoms with E-state index in [1.165, 1.54) is 6.21 Å². The van der Waals surface area contributed by atoms with Crippen molar-refractivity contribution < 1.29 is 23.8 Å². The van der Waals surface area contributed by atoms with Gasteiger partial charge in [0.1, 0.15) is 17.2 Å². The fraction of sp³-hybridized carbons (Fsp3) is 0.0690. The summed E-state index contributed by atoms with van der Waals surface area (Å²) in [6.07, 6.45) is 0.0759. The van der Waals surface area contributed by atoms with E-state index in [0.29, 0.717) is 22.6 Å². The molecule has 0 heterocycles. The molecular weight excluding hydrogens is 536 g/mol. The Morgan fingerprint density at radius 1 is 0.838 bits per heavy atom. The normalized spacial score (nSPS) is 10.8. The van der Waals surface area contributed by atoms with Crippen LogP contribution >= 0.6 is 15.9 Å². The topological polar surface area (TPSA) is 86.2 Å². The molecule has 186 valence electrons. The lowest BCUT2D eigenvalue weighted by Crippen LogP contribution is -2.40. The summed E-state index contributed by atoms with van der Waals surface area (Å²) >= 11 is 3.41. The van der Waals surface area contributed by atoms with Gasteiger partial charge in [-0.25, -0.2) is 10.2 Å². The van der Waals surface area contributed by atoms with Gasteiger partial charge < -0.3 is 14.2 Å². The summed E-state index contributed by atoms with van der Waals surface area (Å²) in [5.41, 5.74) is 4.28. The summed E-state index contributed by atoms with van der Waals surface area (Å²) in [7, 11) is 0. The predicted molar refractivity (Wildman–Crippen MR) is 144 cm³/mol. The van der Waals surface area contributed by atoms with Crippen molar-refractivity contribution in [1.82, 2.24) is 5.43 Å². The molecule has 1 amide bonds. The van der Waals surface area contributed by atoms with Crippen molar-refractivity contribution in [2.45, 2.75) is 13.2 Å². The second-order valence-electron chi connectivity index (χ2n) is 7.87. The van der Waals surface area contributed by atoms with E-state index in [4.69, 9.17) is 14.2 Å². The van der Waals surface area contributed by atoms with Gasteiger partial charge in [0.25, 0.3) is 0 Å². The van der Waals surface area contributed by atoms with Crippen LogP contribution in [0.25, 0.3) is 0 Å². The Balaban J connectivity index is 1.48. The fourth-order valence-corrected chi connectivity index (χ4v) is 3.62. The SMILES string of the molecule is Cc1cccc(C(=O)Oc2ccc(Br)cc2/C=N/NC(=O)C(Oc2ccccc2)Oc2ccccc2)c1. The summed E-state index contributed by atoms with van der Waals surface area (Å²) in [4.78, 5) is 25.6. The first kappa shape index (κ1) is 25.7. The zero-order chi connectivity index (χ0) is 26.0. The summed E-state index contributed by atoms with van der Waals surface area (Å²) < 4.78 is 17.8. The van der Waals surface area contributed by atoms with Gasteiger partial charge in [0, 0.05) is 10.0 Å². The van der Waals surface area contributed by atoms with Crippen LogP contribution in [0.15, 0.2) is 113 Å². The molecule has 4 aromatic carbocycles. The largest absolute Gasteiger partial charge is 0.446 e. The highest BCUT2D eigenvalue weighted by molar-refractivity contribution is 9.10. The van der Waals surface area contributed by atoms with E-state index in [1.54, 1.807) is 84.9 Å². The van der Waals surface area contributed by atoms with Crippen LogP contribution in [0.3, 0.4) is 0 Å². The minimum atomic E-state index is -1.30. The molecule has 0 saturated heterocycles. The van der Waals surface area contributed by atoms with Crippen LogP contribution in [-0.4, -0.2) is 24.4 Å². The number of esters is 1. The third kappa shape index (κ3) is 7.52. The monoisotopic (exact) mass is 558 g/mol. The number of hydrogen-bond acceptors (Lipinski definition) is 6. The molecule has 0 radical (unpaired) electrons. The van der Waals surface area contributed by atoms with Gasteiger partial charge in [-0.05, 0) is 61.5 Å². The third-order valence-electron chi connectivity index (χ3n) is 4.99. The predicted octanol–water partition coefficient (Wildman–Crippen LogP) is 5.91. The number of para-hydroxylation sites is 2. The highest BCUT2D eigenvalue weighted by Crippen LogP contribution is 2.23. The number of hydrogen-bond donors (Lipinski definition) is 1. The zero-order valence-electron chi connectivity index (χ0n) is 19.8. The number of rotatable bonds is 9. The van der Waals surface area contributed by atoms with Gasteiger partial charge in [0.2, 0.25) is 0 Å². The van der Waals surface area contributed by atoms with Crippen LogP contribution in [0, 0.1) is 6.92 Å². The number of halogens is 1. The molecule has 0 bridgehead atoms. The van der Waals surface area contributed by atoms with Crippen molar-refractivity contribution in [2.24, 2.45) is 5.10 Å². The number of amides is 1. The second-order valence-corrected chi connectivity index (χ2v) is 8.78. The zero-order valence-corrected chi connectivity index (χ0v) is 21.4. The molecule has 4 rings (SSSR count). The Kier molecular flexibility index (Phi) is 8.67. The molecule has 7 nitrogen and oxygen atoms in total. The van der Waals surface area contributed by atoms with E-state index in [9.17, 15) is 9.59 Å². The lowest BCUT2D eigenvalue weighted by Gasteiger charge is -2.18. The van der Waals surface area contributed by atoms with Gasteiger partial charge in [0.15, 0.2) is 0 Å². The molecule has 0 aromatic heterocycles. The smallest absolute Gasteiger partial charge is 0.343 e. The molecule has 1 N–H and O–H groups in total. The molecule has 8 heteroatoms. The number of aryl methyl sites for hydroxylation is 1. The van der Waals surface area contributed by atoms with Crippen molar-refractivity contribution in [1.29, 1.82) is 0 Å². The molecule has 0 spiro atoms. The van der Waals surface area contributed by atoms with Gasteiger partial charge in [0.05, 0.1) is 11.8 Å². The Morgan fingerprint density at radius 3 is 2.11 bits per heavy atom. The first-order valence-corrected chi connectivity index (χ1v) is 12.1. The van der Waals surface area contributed by atoms with Crippen molar-refractivity contribution >= 4 is 34.0 Å². The van der Waals surface area contributed by atoms with E-state index in [0.717, 1.165) is 10.0 Å². The van der Waals surface area contributed by atoms with Crippen LogP contribution < -0.4 is 19.6 Å². The lowest BCUT2D eigenvalue weighted by atomic mass is 10.1. The number of benzene rings is 4. The van der Waals surface area contributed by atoms with Gasteiger partial charge in [-0.15, -0.1) is 0 Å². The standard InChI is InChI=1S/C29H23BrN2O5/c1-20-9-8-10-21(17-20)28(34)37-26-16-15-23(30)18-22(26)19-31-32-27(33)29(35-24-11-4-2-5-12-24)36-25-13-6-3-7-14-25/h2-19,29H,1H3,(H,32,33)/b31-19+. The third-order valence-corrected chi connectivity index (χ3v) is 5.49. The molecule has 37 heavy (non-hydrogen) atoms. The highest BCUT2D eigenvalue weighted by Gasteiger charge is 2.22. The van der Waals surface area contributed by atoms with Gasteiger partial charge in [-0.1, -0.05) is 70.0 Å². The van der Waals surface area contributed by atoms with Crippen molar-refractivity contribution in [3.8, 4) is 17.2 Å². The molecule has 0 unspecified atom stereocenters. The molecule has 4 aromatic rings. The van der Waals surface area contributed by atoms with Crippen molar-refractivity contribution in [3.63, 3.8) is 0 Å². The number of ether oxygens (including phenoxy) is 3. The minimum Gasteiger partial charge on any atom is -0.446 e. The van der Waals surface area contributed by atoms with E-state index in [2.05, 4.69) is 26.5 Å². The van der Waals surface area contributed by atoms with Crippen LogP contribution in [0.2, 0.25) is 0 Å². The number of carbonyl (C=O) groups is 2. The highest BCUT2D eigenvalue weighted by atomic mass is 79.9. The van der Waals surface area contributed by atoms with Crippen molar-refractivity contribution in [3.05, 3.63) is 124 Å². The van der Waals surface area contributed by atoms with Gasteiger partial charge in [-0.2, -0.15) is 5.10 Å². The Bertz CT molecular complexity index is 1350. The lowest BCUT2D eigenvalue weighted by molar-refractivity contribution is -0.140. The van der Waals surface area contributed by atoms with Gasteiger partial charge >= 0.3 is 18.2 Å². The Labute approximate surface area is 222 Å².